The highest BCUT2D eigenvalue weighted by molar-refractivity contribution is 5.68. The lowest BCUT2D eigenvalue weighted by atomic mass is 10.1. The van der Waals surface area contributed by atoms with E-state index in [0.717, 1.165) is 5.56 Å². The molecule has 0 aromatic heterocycles. The van der Waals surface area contributed by atoms with Gasteiger partial charge in [-0.05, 0) is 37.5 Å². The van der Waals surface area contributed by atoms with Gasteiger partial charge in [0.05, 0.1) is 11.4 Å². The summed E-state index contributed by atoms with van der Waals surface area (Å²) in [6, 6.07) is 5.00. The maximum absolute atomic E-state index is 12.7. The fraction of sp³-hybridized carbons (Fsp3) is 0.455. The third-order valence-electron chi connectivity index (χ3n) is 2.87. The van der Waals surface area contributed by atoms with Crippen molar-refractivity contribution in [3.63, 3.8) is 0 Å². The first-order valence-electron chi connectivity index (χ1n) is 5.05. The number of nitrogens with two attached hydrogens (primary N) is 1. The van der Waals surface area contributed by atoms with Gasteiger partial charge >= 0.3 is 6.18 Å². The van der Waals surface area contributed by atoms with Crippen LogP contribution in [0.3, 0.4) is 0 Å². The van der Waals surface area contributed by atoms with Gasteiger partial charge < -0.3 is 11.1 Å². The van der Waals surface area contributed by atoms with Crippen LogP contribution in [0.25, 0.3) is 0 Å². The zero-order chi connectivity index (χ0) is 12.0. The number of halogens is 3. The maximum Gasteiger partial charge on any atom is 0.411 e. The predicted octanol–water partition coefficient (Wildman–Crippen LogP) is 3.08. The summed E-state index contributed by atoms with van der Waals surface area (Å²) in [5.41, 5.74) is 5.57. The van der Waals surface area contributed by atoms with Gasteiger partial charge in [0.1, 0.15) is 5.54 Å². The molecule has 0 aliphatic heterocycles. The lowest BCUT2D eigenvalue weighted by Gasteiger charge is -2.22. The molecule has 1 aliphatic carbocycles. The van der Waals surface area contributed by atoms with Gasteiger partial charge in [-0.1, -0.05) is 6.07 Å². The number of hydrogen-bond donors (Lipinski definition) is 2. The Morgan fingerprint density at radius 1 is 1.31 bits per heavy atom. The summed E-state index contributed by atoms with van der Waals surface area (Å²) in [6.45, 7) is 1.84. The van der Waals surface area contributed by atoms with E-state index >= 15 is 0 Å². The second-order valence-electron chi connectivity index (χ2n) is 4.30. The van der Waals surface area contributed by atoms with Crippen LogP contribution in [0.2, 0.25) is 0 Å². The molecule has 1 fully saturated rings. The normalized spacial score (nSPS) is 18.2. The number of hydrogen-bond acceptors (Lipinski definition) is 2. The van der Waals surface area contributed by atoms with Crippen LogP contribution >= 0.6 is 0 Å². The first-order chi connectivity index (χ1) is 7.34. The van der Waals surface area contributed by atoms with Crippen molar-refractivity contribution in [2.45, 2.75) is 31.5 Å². The molecule has 0 spiro atoms. The van der Waals surface area contributed by atoms with E-state index in [9.17, 15) is 13.2 Å². The number of aryl methyl sites for hydroxylation is 1. The SMILES string of the molecule is Cc1ccc(NC2(C(F)(F)F)CC2)c(N)c1. The van der Waals surface area contributed by atoms with Crippen LogP contribution in [0.4, 0.5) is 24.5 Å². The number of alkyl halides is 3. The number of nitrogens with one attached hydrogen (secondary N) is 1. The van der Waals surface area contributed by atoms with Crippen molar-refractivity contribution < 1.29 is 13.2 Å². The molecular weight excluding hydrogens is 217 g/mol. The number of anilines is 2. The Kier molecular flexibility index (Phi) is 2.29. The first kappa shape index (κ1) is 11.1. The van der Waals surface area contributed by atoms with Crippen molar-refractivity contribution in [2.24, 2.45) is 0 Å². The minimum atomic E-state index is -4.22. The number of rotatable bonds is 2. The van der Waals surface area contributed by atoms with E-state index in [-0.39, 0.29) is 12.8 Å². The molecule has 3 N–H and O–H groups in total. The fourth-order valence-corrected chi connectivity index (χ4v) is 1.66. The van der Waals surface area contributed by atoms with Crippen LogP contribution in [0.5, 0.6) is 0 Å². The molecule has 0 unspecified atom stereocenters. The molecule has 1 saturated carbocycles. The molecule has 0 heterocycles. The summed E-state index contributed by atoms with van der Waals surface area (Å²) >= 11 is 0. The Morgan fingerprint density at radius 2 is 1.94 bits per heavy atom. The van der Waals surface area contributed by atoms with Gasteiger partial charge in [-0.15, -0.1) is 0 Å². The third kappa shape index (κ3) is 1.81. The smallest absolute Gasteiger partial charge is 0.397 e. The molecule has 0 atom stereocenters. The monoisotopic (exact) mass is 230 g/mol. The molecule has 1 aromatic carbocycles. The molecule has 1 aliphatic rings. The highest BCUT2D eigenvalue weighted by Crippen LogP contribution is 2.51. The van der Waals surface area contributed by atoms with Gasteiger partial charge in [0.25, 0.3) is 0 Å². The molecular formula is C11H13F3N2. The van der Waals surface area contributed by atoms with E-state index in [1.165, 1.54) is 0 Å². The highest BCUT2D eigenvalue weighted by atomic mass is 19.4. The molecule has 16 heavy (non-hydrogen) atoms. The second kappa shape index (κ2) is 3.30. The lowest BCUT2D eigenvalue weighted by molar-refractivity contribution is -0.151. The summed E-state index contributed by atoms with van der Waals surface area (Å²) in [5.74, 6) is 0. The van der Waals surface area contributed by atoms with E-state index in [1.807, 2.05) is 6.92 Å². The summed E-state index contributed by atoms with van der Waals surface area (Å²) in [4.78, 5) is 0. The van der Waals surface area contributed by atoms with E-state index in [2.05, 4.69) is 5.32 Å². The zero-order valence-corrected chi connectivity index (χ0v) is 8.86. The van der Waals surface area contributed by atoms with Crippen molar-refractivity contribution in [2.75, 3.05) is 11.1 Å². The Morgan fingerprint density at radius 3 is 2.38 bits per heavy atom. The van der Waals surface area contributed by atoms with Crippen molar-refractivity contribution in [1.29, 1.82) is 0 Å². The van der Waals surface area contributed by atoms with E-state index in [0.29, 0.717) is 11.4 Å². The van der Waals surface area contributed by atoms with Gasteiger partial charge in [-0.3, -0.25) is 0 Å². The van der Waals surface area contributed by atoms with Crippen LogP contribution in [-0.2, 0) is 0 Å². The van der Waals surface area contributed by atoms with Crippen LogP contribution in [-0.4, -0.2) is 11.7 Å². The molecule has 0 amide bonds. The average molecular weight is 230 g/mol. The minimum absolute atomic E-state index is 0.115. The minimum Gasteiger partial charge on any atom is -0.397 e. The topological polar surface area (TPSA) is 38.0 Å². The molecule has 88 valence electrons. The van der Waals surface area contributed by atoms with Crippen LogP contribution in [0.15, 0.2) is 18.2 Å². The van der Waals surface area contributed by atoms with Crippen LogP contribution < -0.4 is 11.1 Å². The third-order valence-corrected chi connectivity index (χ3v) is 2.87. The molecule has 0 bridgehead atoms. The van der Waals surface area contributed by atoms with Crippen LogP contribution in [0, 0.1) is 6.92 Å². The van der Waals surface area contributed by atoms with Gasteiger partial charge in [0, 0.05) is 0 Å². The maximum atomic E-state index is 12.7. The lowest BCUT2D eigenvalue weighted by Crippen LogP contribution is -2.38. The summed E-state index contributed by atoms with van der Waals surface area (Å²) in [6.07, 6.45) is -3.99. The van der Waals surface area contributed by atoms with Crippen molar-refractivity contribution in [3.05, 3.63) is 23.8 Å². The standard InChI is InChI=1S/C11H13F3N2/c1-7-2-3-9(8(15)6-7)16-10(4-5-10)11(12,13)14/h2-3,6,16H,4-5,15H2,1H3. The van der Waals surface area contributed by atoms with Crippen molar-refractivity contribution in [3.8, 4) is 0 Å². The fourth-order valence-electron chi connectivity index (χ4n) is 1.66. The molecule has 0 radical (unpaired) electrons. The van der Waals surface area contributed by atoms with Crippen molar-refractivity contribution in [1.82, 2.24) is 0 Å². The second-order valence-corrected chi connectivity index (χ2v) is 4.30. The van der Waals surface area contributed by atoms with E-state index < -0.39 is 11.7 Å². The predicted molar refractivity (Wildman–Crippen MR) is 57.2 cm³/mol. The Hall–Kier alpha value is -1.39. The van der Waals surface area contributed by atoms with Gasteiger partial charge in [-0.25, -0.2) is 0 Å². The molecule has 2 nitrogen and oxygen atoms in total. The summed E-state index contributed by atoms with van der Waals surface area (Å²) in [5, 5.41) is 2.51. The average Bonchev–Trinajstić information content (AvgIpc) is 2.90. The Labute approximate surface area is 91.6 Å². The van der Waals surface area contributed by atoms with Crippen LogP contribution in [0.1, 0.15) is 18.4 Å². The van der Waals surface area contributed by atoms with E-state index in [1.54, 1.807) is 18.2 Å². The molecule has 0 saturated heterocycles. The Bertz CT molecular complexity index is 408. The summed E-state index contributed by atoms with van der Waals surface area (Å²) < 4.78 is 38.1. The number of benzene rings is 1. The quantitative estimate of drug-likeness (QED) is 0.766. The number of nitrogen functional groups attached to an aromatic ring is 1. The van der Waals surface area contributed by atoms with E-state index in [4.69, 9.17) is 5.73 Å². The Balaban J connectivity index is 2.22. The molecule has 2 rings (SSSR count). The van der Waals surface area contributed by atoms with Gasteiger partial charge in [-0.2, -0.15) is 13.2 Å². The van der Waals surface area contributed by atoms with Gasteiger partial charge in [0.2, 0.25) is 0 Å². The molecule has 5 heteroatoms. The zero-order valence-electron chi connectivity index (χ0n) is 8.86. The summed E-state index contributed by atoms with van der Waals surface area (Å²) in [7, 11) is 0. The largest absolute Gasteiger partial charge is 0.411 e. The highest BCUT2D eigenvalue weighted by Gasteiger charge is 2.63. The first-order valence-corrected chi connectivity index (χ1v) is 5.05. The van der Waals surface area contributed by atoms with Gasteiger partial charge in [0.15, 0.2) is 0 Å². The molecule has 1 aromatic rings. The van der Waals surface area contributed by atoms with Crippen molar-refractivity contribution >= 4 is 11.4 Å².